The first-order valence-corrected chi connectivity index (χ1v) is 7.41. The Balaban J connectivity index is 2.48. The summed E-state index contributed by atoms with van der Waals surface area (Å²) in [6, 6.07) is 9.94. The minimum atomic E-state index is -4.14. The van der Waals surface area contributed by atoms with Crippen LogP contribution in [0, 0.1) is 24.1 Å². The third-order valence-electron chi connectivity index (χ3n) is 2.87. The van der Waals surface area contributed by atoms with Crippen molar-refractivity contribution in [3.8, 4) is 6.07 Å². The number of anilines is 2. The molecule has 5 nitrogen and oxygen atoms in total. The number of nitrogens with two attached hydrogens (primary N) is 1. The van der Waals surface area contributed by atoms with Gasteiger partial charge in [-0.15, -0.1) is 0 Å². The van der Waals surface area contributed by atoms with Gasteiger partial charge in [-0.2, -0.15) is 5.26 Å². The van der Waals surface area contributed by atoms with E-state index in [1.165, 1.54) is 12.1 Å². The van der Waals surface area contributed by atoms with Crippen LogP contribution in [0.2, 0.25) is 0 Å². The summed E-state index contributed by atoms with van der Waals surface area (Å²) < 4.78 is 40.4. The molecule has 0 unspecified atom stereocenters. The average Bonchev–Trinajstić information content (AvgIpc) is 2.38. The number of hydrogen-bond acceptors (Lipinski definition) is 4. The van der Waals surface area contributed by atoms with Crippen molar-refractivity contribution in [2.75, 3.05) is 10.5 Å². The predicted molar refractivity (Wildman–Crippen MR) is 77.5 cm³/mol. The van der Waals surface area contributed by atoms with Crippen molar-refractivity contribution in [3.05, 3.63) is 53.3 Å². The monoisotopic (exact) mass is 305 g/mol. The number of nitrogens with one attached hydrogen (secondary N) is 1. The molecule has 0 atom stereocenters. The van der Waals surface area contributed by atoms with Crippen molar-refractivity contribution in [1.82, 2.24) is 0 Å². The summed E-state index contributed by atoms with van der Waals surface area (Å²) in [5.74, 6) is -0.950. The minimum absolute atomic E-state index is 0.105. The summed E-state index contributed by atoms with van der Waals surface area (Å²) in [5.41, 5.74) is 6.43. The second-order valence-electron chi connectivity index (χ2n) is 4.40. The number of sulfonamides is 1. The Morgan fingerprint density at radius 1 is 1.29 bits per heavy atom. The molecule has 0 fully saturated rings. The minimum Gasteiger partial charge on any atom is -0.399 e. The van der Waals surface area contributed by atoms with E-state index in [2.05, 4.69) is 4.72 Å². The summed E-state index contributed by atoms with van der Waals surface area (Å²) >= 11 is 0. The zero-order valence-electron chi connectivity index (χ0n) is 11.1. The summed E-state index contributed by atoms with van der Waals surface area (Å²) in [7, 11) is -4.14. The van der Waals surface area contributed by atoms with E-state index in [1.54, 1.807) is 19.1 Å². The first kappa shape index (κ1) is 14.8. The Labute approximate surface area is 121 Å². The Hall–Kier alpha value is -2.59. The van der Waals surface area contributed by atoms with E-state index in [9.17, 15) is 12.8 Å². The summed E-state index contributed by atoms with van der Waals surface area (Å²) in [6.07, 6.45) is 0. The van der Waals surface area contributed by atoms with E-state index in [-0.39, 0.29) is 16.9 Å². The average molecular weight is 305 g/mol. The Morgan fingerprint density at radius 2 is 2.00 bits per heavy atom. The van der Waals surface area contributed by atoms with Gasteiger partial charge < -0.3 is 5.73 Å². The molecule has 7 heteroatoms. The van der Waals surface area contributed by atoms with Gasteiger partial charge in [0, 0.05) is 5.69 Å². The Bertz CT molecular complexity index is 842. The summed E-state index contributed by atoms with van der Waals surface area (Å²) in [5, 5.41) is 9.08. The number of nitriles is 1. The fourth-order valence-electron chi connectivity index (χ4n) is 1.84. The maximum Gasteiger partial charge on any atom is 0.264 e. The lowest BCUT2D eigenvalue weighted by molar-refractivity contribution is 0.571. The predicted octanol–water partition coefficient (Wildman–Crippen LogP) is 2.39. The SMILES string of the molecule is Cc1cccc(NS(=O)(=O)c2ccc(N)cc2F)c1C#N. The molecular formula is C14H12FN3O2S. The highest BCUT2D eigenvalue weighted by Crippen LogP contribution is 2.24. The van der Waals surface area contributed by atoms with Gasteiger partial charge in [-0.3, -0.25) is 4.72 Å². The van der Waals surface area contributed by atoms with Gasteiger partial charge in [-0.25, -0.2) is 12.8 Å². The molecular weight excluding hydrogens is 293 g/mol. The maximum atomic E-state index is 13.7. The molecule has 0 aliphatic carbocycles. The van der Waals surface area contributed by atoms with Gasteiger partial charge >= 0.3 is 0 Å². The van der Waals surface area contributed by atoms with E-state index in [0.29, 0.717) is 5.56 Å². The molecule has 0 aromatic heterocycles. The van der Waals surface area contributed by atoms with Crippen molar-refractivity contribution < 1.29 is 12.8 Å². The van der Waals surface area contributed by atoms with Crippen molar-refractivity contribution in [2.45, 2.75) is 11.8 Å². The summed E-state index contributed by atoms with van der Waals surface area (Å²) in [6.45, 7) is 1.68. The van der Waals surface area contributed by atoms with Crippen LogP contribution in [0.4, 0.5) is 15.8 Å². The molecule has 0 saturated heterocycles. The number of nitrogen functional groups attached to an aromatic ring is 1. The van der Waals surface area contributed by atoms with Crippen LogP contribution in [-0.2, 0) is 10.0 Å². The van der Waals surface area contributed by atoms with Crippen LogP contribution in [0.3, 0.4) is 0 Å². The molecule has 0 aliphatic heterocycles. The van der Waals surface area contributed by atoms with Crippen LogP contribution < -0.4 is 10.5 Å². The Morgan fingerprint density at radius 3 is 2.62 bits per heavy atom. The normalized spacial score (nSPS) is 10.9. The van der Waals surface area contributed by atoms with Crippen LogP contribution in [0.25, 0.3) is 0 Å². The molecule has 2 rings (SSSR count). The highest BCUT2D eigenvalue weighted by Gasteiger charge is 2.20. The second kappa shape index (κ2) is 5.42. The van der Waals surface area contributed by atoms with Gasteiger partial charge in [0.05, 0.1) is 11.3 Å². The van der Waals surface area contributed by atoms with E-state index >= 15 is 0 Å². The highest BCUT2D eigenvalue weighted by molar-refractivity contribution is 7.92. The van der Waals surface area contributed by atoms with Crippen LogP contribution in [0.5, 0.6) is 0 Å². The van der Waals surface area contributed by atoms with Gasteiger partial charge in [0.15, 0.2) is 0 Å². The largest absolute Gasteiger partial charge is 0.399 e. The topological polar surface area (TPSA) is 96.0 Å². The maximum absolute atomic E-state index is 13.7. The number of hydrogen-bond donors (Lipinski definition) is 2. The third kappa shape index (κ3) is 2.95. The zero-order valence-corrected chi connectivity index (χ0v) is 11.9. The molecule has 21 heavy (non-hydrogen) atoms. The number of benzene rings is 2. The molecule has 3 N–H and O–H groups in total. The van der Waals surface area contributed by atoms with Gasteiger partial charge in [0.25, 0.3) is 10.0 Å². The van der Waals surface area contributed by atoms with Crippen molar-refractivity contribution in [2.24, 2.45) is 0 Å². The van der Waals surface area contributed by atoms with Gasteiger partial charge in [-0.05, 0) is 36.8 Å². The molecule has 0 aliphatic rings. The van der Waals surface area contributed by atoms with E-state index in [0.717, 1.165) is 12.1 Å². The van der Waals surface area contributed by atoms with Gasteiger partial charge in [-0.1, -0.05) is 12.1 Å². The molecule has 2 aromatic rings. The van der Waals surface area contributed by atoms with Crippen LogP contribution in [0.15, 0.2) is 41.3 Å². The van der Waals surface area contributed by atoms with Crippen molar-refractivity contribution in [1.29, 1.82) is 5.26 Å². The van der Waals surface area contributed by atoms with Gasteiger partial charge in [0.1, 0.15) is 16.8 Å². The number of aryl methyl sites for hydroxylation is 1. The van der Waals surface area contributed by atoms with Crippen LogP contribution in [0.1, 0.15) is 11.1 Å². The lowest BCUT2D eigenvalue weighted by atomic mass is 10.1. The third-order valence-corrected chi connectivity index (χ3v) is 4.27. The van der Waals surface area contributed by atoms with Crippen LogP contribution >= 0.6 is 0 Å². The molecule has 2 aromatic carbocycles. The molecule has 0 bridgehead atoms. The fraction of sp³-hybridized carbons (Fsp3) is 0.0714. The number of halogens is 1. The molecule has 0 amide bonds. The summed E-state index contributed by atoms with van der Waals surface area (Å²) in [4.78, 5) is -0.526. The first-order chi connectivity index (χ1) is 9.85. The van der Waals surface area contributed by atoms with Crippen molar-refractivity contribution >= 4 is 21.4 Å². The van der Waals surface area contributed by atoms with E-state index < -0.39 is 20.7 Å². The zero-order chi connectivity index (χ0) is 15.6. The first-order valence-electron chi connectivity index (χ1n) is 5.92. The molecule has 0 radical (unpaired) electrons. The van der Waals surface area contributed by atoms with E-state index in [4.69, 9.17) is 11.0 Å². The lowest BCUT2D eigenvalue weighted by Crippen LogP contribution is -2.15. The highest BCUT2D eigenvalue weighted by atomic mass is 32.2. The standard InChI is InChI=1S/C14H12FN3O2S/c1-9-3-2-4-13(11(9)8-16)18-21(19,20)14-6-5-10(17)7-12(14)15/h2-7,18H,17H2,1H3. The number of rotatable bonds is 3. The Kier molecular flexibility index (Phi) is 3.82. The molecule has 0 heterocycles. The molecule has 0 spiro atoms. The molecule has 0 saturated carbocycles. The lowest BCUT2D eigenvalue weighted by Gasteiger charge is -2.11. The fourth-order valence-corrected chi connectivity index (χ4v) is 2.97. The smallest absolute Gasteiger partial charge is 0.264 e. The van der Waals surface area contributed by atoms with Crippen molar-refractivity contribution in [3.63, 3.8) is 0 Å². The van der Waals surface area contributed by atoms with Crippen LogP contribution in [-0.4, -0.2) is 8.42 Å². The van der Waals surface area contributed by atoms with E-state index in [1.807, 2.05) is 6.07 Å². The number of nitrogens with zero attached hydrogens (tertiary/aromatic N) is 1. The second-order valence-corrected chi connectivity index (χ2v) is 6.06. The quantitative estimate of drug-likeness (QED) is 0.851. The molecule has 108 valence electrons. The van der Waals surface area contributed by atoms with Gasteiger partial charge in [0.2, 0.25) is 0 Å².